The summed E-state index contributed by atoms with van der Waals surface area (Å²) >= 11 is 0. The Morgan fingerprint density at radius 2 is 1.71 bits per heavy atom. The number of nitrogens with one attached hydrogen (secondary N) is 1. The average molecular weight is 479 g/mol. The van der Waals surface area contributed by atoms with Crippen LogP contribution in [0.2, 0.25) is 0 Å². The summed E-state index contributed by atoms with van der Waals surface area (Å²) in [6.07, 6.45) is 1.54. The van der Waals surface area contributed by atoms with Gasteiger partial charge in [0, 0.05) is 31.5 Å². The summed E-state index contributed by atoms with van der Waals surface area (Å²) in [5, 5.41) is 12.2. The van der Waals surface area contributed by atoms with Gasteiger partial charge in [0.1, 0.15) is 6.61 Å². The van der Waals surface area contributed by atoms with Crippen LogP contribution in [0.25, 0.3) is 11.1 Å². The van der Waals surface area contributed by atoms with Crippen LogP contribution in [-0.4, -0.2) is 53.7 Å². The van der Waals surface area contributed by atoms with Crippen molar-refractivity contribution in [3.8, 4) is 11.1 Å². The van der Waals surface area contributed by atoms with Gasteiger partial charge < -0.3 is 20.1 Å². The fraction of sp³-hybridized carbons (Fsp3) is 0.464. The van der Waals surface area contributed by atoms with Gasteiger partial charge >= 0.3 is 12.1 Å². The van der Waals surface area contributed by atoms with Crippen molar-refractivity contribution >= 4 is 18.0 Å². The molecule has 1 fully saturated rings. The maximum absolute atomic E-state index is 12.7. The second kappa shape index (κ2) is 10.9. The van der Waals surface area contributed by atoms with Gasteiger partial charge in [0.05, 0.1) is 5.92 Å². The zero-order chi connectivity index (χ0) is 24.9. The van der Waals surface area contributed by atoms with E-state index in [-0.39, 0.29) is 30.4 Å². The molecule has 3 unspecified atom stereocenters. The zero-order valence-electron chi connectivity index (χ0n) is 20.4. The molecular weight excluding hydrogens is 444 g/mol. The van der Waals surface area contributed by atoms with E-state index in [9.17, 15) is 19.5 Å². The van der Waals surface area contributed by atoms with Crippen molar-refractivity contribution in [3.05, 3.63) is 59.7 Å². The smallest absolute Gasteiger partial charge is 0.407 e. The Balaban J connectivity index is 1.27. The summed E-state index contributed by atoms with van der Waals surface area (Å²) in [4.78, 5) is 38.3. The average Bonchev–Trinajstić information content (AvgIpc) is 3.18. The second-order valence-electron chi connectivity index (χ2n) is 9.66. The molecule has 0 aromatic heterocycles. The number of hydrogen-bond acceptors (Lipinski definition) is 4. The molecule has 0 saturated carbocycles. The third-order valence-electron chi connectivity index (χ3n) is 7.44. The normalized spacial score (nSPS) is 20.0. The molecule has 1 saturated heterocycles. The van der Waals surface area contributed by atoms with E-state index in [4.69, 9.17) is 4.74 Å². The standard InChI is InChI=1S/C28H34N2O5/c1-3-19(12-13-26(31)30-15-14-20(27(32)33)18(2)16-30)29-28(34)35-17-25-23-10-6-4-8-21(23)22-9-5-7-11-24(22)25/h4-11,18-20,25H,3,12-17H2,1-2H3,(H,29,34)(H,32,33). The van der Waals surface area contributed by atoms with E-state index in [1.54, 1.807) is 4.90 Å². The van der Waals surface area contributed by atoms with E-state index in [2.05, 4.69) is 29.6 Å². The Hall–Kier alpha value is -3.35. The van der Waals surface area contributed by atoms with Crippen molar-refractivity contribution in [1.82, 2.24) is 10.2 Å². The molecule has 7 nitrogen and oxygen atoms in total. The number of aliphatic carboxylic acids is 1. The number of hydrogen-bond donors (Lipinski definition) is 2. The van der Waals surface area contributed by atoms with Crippen LogP contribution in [0.3, 0.4) is 0 Å². The van der Waals surface area contributed by atoms with E-state index >= 15 is 0 Å². The van der Waals surface area contributed by atoms with E-state index in [0.29, 0.717) is 38.8 Å². The molecule has 0 spiro atoms. The first-order valence-electron chi connectivity index (χ1n) is 12.5. The van der Waals surface area contributed by atoms with Crippen LogP contribution in [-0.2, 0) is 14.3 Å². The maximum atomic E-state index is 12.7. The molecule has 2 amide bonds. The Bertz CT molecular complexity index is 1040. The molecule has 3 atom stereocenters. The molecule has 7 heteroatoms. The summed E-state index contributed by atoms with van der Waals surface area (Å²) in [5.74, 6) is -1.23. The molecule has 1 heterocycles. The number of amides is 2. The summed E-state index contributed by atoms with van der Waals surface area (Å²) in [6.45, 7) is 5.04. The van der Waals surface area contributed by atoms with Crippen molar-refractivity contribution in [2.24, 2.45) is 11.8 Å². The third kappa shape index (κ3) is 5.50. The molecule has 0 bridgehead atoms. The van der Waals surface area contributed by atoms with Crippen LogP contribution < -0.4 is 5.32 Å². The molecule has 1 aliphatic carbocycles. The highest BCUT2D eigenvalue weighted by Gasteiger charge is 2.33. The van der Waals surface area contributed by atoms with Gasteiger partial charge in [0.15, 0.2) is 0 Å². The SMILES string of the molecule is CCC(CCC(=O)N1CCC(C(=O)O)C(C)C1)NC(=O)OCC1c2ccccc2-c2ccccc21. The van der Waals surface area contributed by atoms with Crippen LogP contribution in [0.5, 0.6) is 0 Å². The number of carboxylic acids is 1. The minimum absolute atomic E-state index is 0.00511. The van der Waals surface area contributed by atoms with Crippen molar-refractivity contribution < 1.29 is 24.2 Å². The van der Waals surface area contributed by atoms with Gasteiger partial charge in [-0.2, -0.15) is 0 Å². The number of ether oxygens (including phenoxy) is 1. The van der Waals surface area contributed by atoms with E-state index < -0.39 is 18.0 Å². The molecule has 35 heavy (non-hydrogen) atoms. The van der Waals surface area contributed by atoms with Crippen molar-refractivity contribution in [1.29, 1.82) is 0 Å². The number of alkyl carbamates (subject to hydrolysis) is 1. The van der Waals surface area contributed by atoms with E-state index in [0.717, 1.165) is 0 Å². The minimum Gasteiger partial charge on any atom is -0.481 e. The summed E-state index contributed by atoms with van der Waals surface area (Å²) < 4.78 is 5.64. The molecule has 4 rings (SSSR count). The molecule has 2 N–H and O–H groups in total. The lowest BCUT2D eigenvalue weighted by molar-refractivity contribution is -0.148. The van der Waals surface area contributed by atoms with E-state index in [1.165, 1.54) is 22.3 Å². The largest absolute Gasteiger partial charge is 0.481 e. The molecule has 1 aliphatic heterocycles. The molecule has 2 aliphatic rings. The Morgan fingerprint density at radius 1 is 1.09 bits per heavy atom. The molecule has 2 aromatic carbocycles. The number of benzene rings is 2. The number of fused-ring (bicyclic) bond motifs is 3. The van der Waals surface area contributed by atoms with Crippen LogP contribution >= 0.6 is 0 Å². The summed E-state index contributed by atoms with van der Waals surface area (Å²) in [6, 6.07) is 16.3. The highest BCUT2D eigenvalue weighted by Crippen LogP contribution is 2.44. The highest BCUT2D eigenvalue weighted by atomic mass is 16.5. The van der Waals surface area contributed by atoms with Crippen molar-refractivity contribution in [2.75, 3.05) is 19.7 Å². The van der Waals surface area contributed by atoms with Gasteiger partial charge in [-0.1, -0.05) is 62.4 Å². The Labute approximate surface area is 206 Å². The predicted octanol–water partition coefficient (Wildman–Crippen LogP) is 4.65. The monoisotopic (exact) mass is 478 g/mol. The molecule has 2 aromatic rings. The van der Waals surface area contributed by atoms with Crippen LogP contribution in [0.1, 0.15) is 56.6 Å². The quantitative estimate of drug-likeness (QED) is 0.576. The number of nitrogens with zero attached hydrogens (tertiary/aromatic N) is 1. The number of rotatable bonds is 8. The molecular formula is C28H34N2O5. The van der Waals surface area contributed by atoms with Crippen LogP contribution in [0.15, 0.2) is 48.5 Å². The van der Waals surface area contributed by atoms with Gasteiger partial charge in [-0.15, -0.1) is 0 Å². The van der Waals surface area contributed by atoms with Crippen LogP contribution in [0.4, 0.5) is 4.79 Å². The number of carbonyl (C=O) groups is 3. The number of piperidine rings is 1. The zero-order valence-corrected chi connectivity index (χ0v) is 20.4. The first kappa shape index (κ1) is 24.8. The molecule has 0 radical (unpaired) electrons. The van der Waals surface area contributed by atoms with Crippen LogP contribution in [0, 0.1) is 11.8 Å². The van der Waals surface area contributed by atoms with Gasteiger partial charge in [-0.05, 0) is 47.4 Å². The Kier molecular flexibility index (Phi) is 7.73. The maximum Gasteiger partial charge on any atom is 0.407 e. The highest BCUT2D eigenvalue weighted by molar-refractivity contribution is 5.79. The van der Waals surface area contributed by atoms with Gasteiger partial charge in [0.2, 0.25) is 5.91 Å². The Morgan fingerprint density at radius 3 is 2.29 bits per heavy atom. The fourth-order valence-corrected chi connectivity index (χ4v) is 5.38. The number of carboxylic acid groups (broad SMARTS) is 1. The lowest BCUT2D eigenvalue weighted by Gasteiger charge is -2.35. The number of likely N-dealkylation sites (tertiary alicyclic amines) is 1. The molecule has 186 valence electrons. The minimum atomic E-state index is -0.789. The lowest BCUT2D eigenvalue weighted by Crippen LogP contribution is -2.45. The van der Waals surface area contributed by atoms with Crippen molar-refractivity contribution in [3.63, 3.8) is 0 Å². The number of carbonyl (C=O) groups excluding carboxylic acids is 2. The topological polar surface area (TPSA) is 95.9 Å². The van der Waals surface area contributed by atoms with Gasteiger partial charge in [-0.3, -0.25) is 9.59 Å². The summed E-state index contributed by atoms with van der Waals surface area (Å²) in [5.41, 5.74) is 4.70. The predicted molar refractivity (Wildman–Crippen MR) is 133 cm³/mol. The lowest BCUT2D eigenvalue weighted by atomic mass is 9.87. The van der Waals surface area contributed by atoms with Gasteiger partial charge in [0.25, 0.3) is 0 Å². The first-order valence-corrected chi connectivity index (χ1v) is 12.5. The van der Waals surface area contributed by atoms with E-state index in [1.807, 2.05) is 38.1 Å². The second-order valence-corrected chi connectivity index (χ2v) is 9.66. The third-order valence-corrected chi connectivity index (χ3v) is 7.44. The van der Waals surface area contributed by atoms with Gasteiger partial charge in [-0.25, -0.2) is 4.79 Å². The van der Waals surface area contributed by atoms with Crippen molar-refractivity contribution in [2.45, 2.75) is 51.5 Å². The fourth-order valence-electron chi connectivity index (χ4n) is 5.38. The summed E-state index contributed by atoms with van der Waals surface area (Å²) in [7, 11) is 0. The first-order chi connectivity index (χ1) is 16.9.